The molecule has 7 aromatic rings. The van der Waals surface area contributed by atoms with Gasteiger partial charge in [-0.15, -0.1) is 24.5 Å². The minimum Gasteiger partial charge on any atom is -0.504 e. The van der Waals surface area contributed by atoms with Gasteiger partial charge >= 0.3 is 6.36 Å². The number of carbonyl (C=O) groups excluding carboxylic acids is 2. The van der Waals surface area contributed by atoms with Crippen LogP contribution >= 0.6 is 22.7 Å². The Bertz CT molecular complexity index is 3060. The van der Waals surface area contributed by atoms with Gasteiger partial charge in [-0.25, -0.2) is 9.97 Å². The number of phenols is 4. The largest absolute Gasteiger partial charge is 0.573 e. The van der Waals surface area contributed by atoms with E-state index in [0.717, 1.165) is 58.7 Å². The van der Waals surface area contributed by atoms with E-state index in [1.54, 1.807) is 0 Å². The van der Waals surface area contributed by atoms with Crippen molar-refractivity contribution in [2.45, 2.75) is 44.4 Å². The molecule has 69 heavy (non-hydrogen) atoms. The number of halogens is 3. The minimum atomic E-state index is -4.79. The first-order valence-corrected chi connectivity index (χ1v) is 22.7. The molecule has 0 spiro atoms. The number of thiazole rings is 2. The first-order chi connectivity index (χ1) is 33.2. The van der Waals surface area contributed by atoms with Gasteiger partial charge in [-0.05, 0) is 96.1 Å². The van der Waals surface area contributed by atoms with E-state index in [1.165, 1.54) is 95.5 Å². The number of ether oxygens (including phenoxy) is 1. The molecule has 1 fully saturated rings. The molecular weight excluding hydrogens is 930 g/mol. The molecule has 0 saturated heterocycles. The standard InChI is InChI=1S/C26H22F3N3O4S.C25H17N3O3S/c27-26(28,29)36-19-9-7-16(8-10-19)22-23(17-4-2-1-3-5-17)37-25(31-22)32-24(35)18(14-30)12-15-6-11-20(33)21(34)13-15;26-15-19(13-16-11-12-20(29)21(30)14-16)24(31)28-25-27-22(17-7-3-1-4-8-17)23(32-25)18-9-5-2-6-10-18/h6-13,17,33-34H,1-5H2,(H,31,32,35);1-14,29-30H,(H,27,28,31)/b18-12+;19-13+. The Morgan fingerprint density at radius 1 is 0.623 bits per heavy atom. The summed E-state index contributed by atoms with van der Waals surface area (Å²) >= 11 is 2.60. The number of amides is 2. The number of carbonyl (C=O) groups is 2. The second-order valence-electron chi connectivity index (χ2n) is 15.3. The summed E-state index contributed by atoms with van der Waals surface area (Å²) in [5.41, 5.74) is 4.12. The van der Waals surface area contributed by atoms with Crippen molar-refractivity contribution < 1.29 is 47.9 Å². The number of nitrogens with one attached hydrogen (secondary N) is 2. The van der Waals surface area contributed by atoms with Gasteiger partial charge in [-0.2, -0.15) is 10.5 Å². The van der Waals surface area contributed by atoms with Gasteiger partial charge in [0.05, 0.1) is 16.3 Å². The second kappa shape index (κ2) is 21.9. The summed E-state index contributed by atoms with van der Waals surface area (Å²) in [7, 11) is 0. The number of nitriles is 2. The van der Waals surface area contributed by atoms with E-state index >= 15 is 0 Å². The topological polar surface area (TPSA) is 222 Å². The van der Waals surface area contributed by atoms with Crippen LogP contribution in [0.5, 0.6) is 28.7 Å². The number of aromatic nitrogens is 2. The lowest BCUT2D eigenvalue weighted by molar-refractivity contribution is -0.274. The van der Waals surface area contributed by atoms with Crippen LogP contribution in [0.4, 0.5) is 23.4 Å². The van der Waals surface area contributed by atoms with Crippen LogP contribution in [0.25, 0.3) is 45.1 Å². The Kier molecular flexibility index (Phi) is 15.4. The van der Waals surface area contributed by atoms with Crippen molar-refractivity contribution in [3.8, 4) is 73.8 Å². The fourth-order valence-electron chi connectivity index (χ4n) is 7.22. The first-order valence-electron chi connectivity index (χ1n) is 21.1. The highest BCUT2D eigenvalue weighted by atomic mass is 32.1. The maximum atomic E-state index is 12.8. The van der Waals surface area contributed by atoms with Gasteiger partial charge in [0.25, 0.3) is 11.8 Å². The van der Waals surface area contributed by atoms with Crippen LogP contribution in [0, 0.1) is 22.7 Å². The van der Waals surface area contributed by atoms with E-state index in [-0.39, 0.29) is 50.9 Å². The molecule has 1 aliphatic carbocycles. The van der Waals surface area contributed by atoms with Crippen molar-refractivity contribution >= 4 is 56.9 Å². The summed E-state index contributed by atoms with van der Waals surface area (Å²) in [4.78, 5) is 36.6. The van der Waals surface area contributed by atoms with Crippen LogP contribution in [0.3, 0.4) is 0 Å². The Morgan fingerprint density at radius 2 is 1.10 bits per heavy atom. The molecule has 1 saturated carbocycles. The fourth-order valence-corrected chi connectivity index (χ4v) is 9.36. The number of phenolic OH excluding ortho intramolecular Hbond substituents is 4. The van der Waals surface area contributed by atoms with Gasteiger partial charge in [0.2, 0.25) is 0 Å². The molecular formula is C51H39F3N6O7S2. The highest BCUT2D eigenvalue weighted by molar-refractivity contribution is 7.19. The third-order valence-electron chi connectivity index (χ3n) is 10.5. The Balaban J connectivity index is 0.000000206. The average Bonchev–Trinajstić information content (AvgIpc) is 3.97. The van der Waals surface area contributed by atoms with Crippen molar-refractivity contribution in [3.63, 3.8) is 0 Å². The molecule has 0 bridgehead atoms. The molecule has 0 aliphatic heterocycles. The molecule has 5 aromatic carbocycles. The van der Waals surface area contributed by atoms with Crippen molar-refractivity contribution in [1.29, 1.82) is 10.5 Å². The van der Waals surface area contributed by atoms with Crippen LogP contribution in [0.1, 0.15) is 54.0 Å². The normalized spacial score (nSPS) is 13.0. The molecule has 18 heteroatoms. The zero-order valence-corrected chi connectivity index (χ0v) is 37.7. The molecule has 1 aliphatic rings. The van der Waals surface area contributed by atoms with Crippen molar-refractivity contribution in [2.24, 2.45) is 0 Å². The lowest BCUT2D eigenvalue weighted by Gasteiger charge is -2.21. The lowest BCUT2D eigenvalue weighted by Crippen LogP contribution is -2.16. The van der Waals surface area contributed by atoms with E-state index in [9.17, 15) is 53.7 Å². The molecule has 348 valence electrons. The predicted molar refractivity (Wildman–Crippen MR) is 257 cm³/mol. The third-order valence-corrected chi connectivity index (χ3v) is 12.6. The summed E-state index contributed by atoms with van der Waals surface area (Å²) in [5, 5.41) is 63.1. The quantitative estimate of drug-likeness (QED) is 0.0406. The van der Waals surface area contributed by atoms with Crippen LogP contribution in [0.15, 0.2) is 132 Å². The summed E-state index contributed by atoms with van der Waals surface area (Å²) in [6.45, 7) is 0. The van der Waals surface area contributed by atoms with E-state index in [2.05, 4.69) is 25.3 Å². The molecule has 0 unspecified atom stereocenters. The van der Waals surface area contributed by atoms with E-state index in [0.29, 0.717) is 27.5 Å². The van der Waals surface area contributed by atoms with Gasteiger partial charge in [-0.3, -0.25) is 20.2 Å². The molecule has 0 radical (unpaired) electrons. The molecule has 0 atom stereocenters. The van der Waals surface area contributed by atoms with Crippen LogP contribution in [0.2, 0.25) is 0 Å². The molecule has 13 nitrogen and oxygen atoms in total. The SMILES string of the molecule is N#C/C(=C\c1ccc(O)c(O)c1)C(=O)Nc1nc(-c2ccc(OC(F)(F)F)cc2)c(C2CCCCC2)s1.N#C/C(=C\c1ccc(O)c(O)c1)C(=O)Nc1nc(-c2ccccc2)c(-c2ccccc2)s1. The monoisotopic (exact) mass is 968 g/mol. The lowest BCUT2D eigenvalue weighted by atomic mass is 9.87. The first kappa shape index (κ1) is 48.5. The van der Waals surface area contributed by atoms with Gasteiger partial charge in [0.15, 0.2) is 33.3 Å². The molecule has 8 rings (SSSR count). The van der Waals surface area contributed by atoms with E-state index in [4.69, 9.17) is 0 Å². The number of anilines is 2. The number of aromatic hydroxyl groups is 4. The highest BCUT2D eigenvalue weighted by Crippen LogP contribution is 2.44. The number of alkyl halides is 3. The van der Waals surface area contributed by atoms with Crippen molar-refractivity contribution in [1.82, 2.24) is 9.97 Å². The number of nitrogens with zero attached hydrogens (tertiary/aromatic N) is 4. The number of hydrogen-bond donors (Lipinski definition) is 6. The summed E-state index contributed by atoms with van der Waals surface area (Å²) in [5.74, 6) is -2.81. The van der Waals surface area contributed by atoms with Crippen LogP contribution in [-0.2, 0) is 9.59 Å². The maximum Gasteiger partial charge on any atom is 0.573 e. The second-order valence-corrected chi connectivity index (χ2v) is 17.3. The average molecular weight is 969 g/mol. The van der Waals surface area contributed by atoms with Crippen molar-refractivity contribution in [2.75, 3.05) is 10.6 Å². The van der Waals surface area contributed by atoms with E-state index < -0.39 is 18.2 Å². The minimum absolute atomic E-state index is 0.159. The number of rotatable bonds is 11. The molecule has 6 N–H and O–H groups in total. The van der Waals surface area contributed by atoms with Gasteiger partial charge < -0.3 is 25.2 Å². The summed E-state index contributed by atoms with van der Waals surface area (Å²) < 4.78 is 41.6. The number of benzene rings is 5. The third kappa shape index (κ3) is 12.7. The van der Waals surface area contributed by atoms with Crippen molar-refractivity contribution in [3.05, 3.63) is 148 Å². The zero-order valence-electron chi connectivity index (χ0n) is 36.1. The molecule has 2 aromatic heterocycles. The number of hydrogen-bond acceptors (Lipinski definition) is 13. The smallest absolute Gasteiger partial charge is 0.504 e. The fraction of sp³-hybridized carbons (Fsp3) is 0.137. The summed E-state index contributed by atoms with van der Waals surface area (Å²) in [6.07, 6.45) is 2.89. The predicted octanol–water partition coefficient (Wildman–Crippen LogP) is 12.1. The summed E-state index contributed by atoms with van der Waals surface area (Å²) in [6, 6.07) is 36.5. The van der Waals surface area contributed by atoms with Gasteiger partial charge in [-0.1, -0.05) is 103 Å². The Morgan fingerprint density at radius 3 is 1.59 bits per heavy atom. The maximum absolute atomic E-state index is 12.8. The van der Waals surface area contributed by atoms with Gasteiger partial charge in [0.1, 0.15) is 29.0 Å². The van der Waals surface area contributed by atoms with Crippen LogP contribution < -0.4 is 15.4 Å². The van der Waals surface area contributed by atoms with E-state index in [1.807, 2.05) is 72.8 Å². The van der Waals surface area contributed by atoms with Crippen LogP contribution in [-0.4, -0.2) is 48.6 Å². The molecule has 2 heterocycles. The Hall–Kier alpha value is -8.45. The van der Waals surface area contributed by atoms with Gasteiger partial charge in [0, 0.05) is 16.0 Å². The highest BCUT2D eigenvalue weighted by Gasteiger charge is 2.31. The Labute approximate surface area is 401 Å². The zero-order chi connectivity index (χ0) is 49.1. The molecule has 2 amide bonds.